The second-order valence-corrected chi connectivity index (χ2v) is 3.88. The van der Waals surface area contributed by atoms with E-state index in [9.17, 15) is 0 Å². The van der Waals surface area contributed by atoms with Crippen LogP contribution in [0.25, 0.3) is 0 Å². The van der Waals surface area contributed by atoms with Crippen LogP contribution >= 0.6 is 58.0 Å². The molecule has 0 aromatic rings. The molecule has 0 rings (SSSR count). The second kappa shape index (κ2) is 7.36. The standard InChI is InChI=1S/C4H3Cl5N2.ClH/c5-1(6)3(9)11-4(10)2(7)8;/h2H,(H2,10,11);1H. The normalized spacial score (nSPS) is 11.0. The maximum absolute atomic E-state index is 5.44. The van der Waals surface area contributed by atoms with Crippen LogP contribution in [-0.2, 0) is 0 Å². The summed E-state index contributed by atoms with van der Waals surface area (Å²) in [5, 5.41) is -0.0165. The average Bonchev–Trinajstić information content (AvgIpc) is 1.87. The van der Waals surface area contributed by atoms with Crippen LogP contribution in [0.2, 0.25) is 0 Å². The highest BCUT2D eigenvalue weighted by Gasteiger charge is 2.11. The van der Waals surface area contributed by atoms with Crippen molar-refractivity contribution in [2.75, 3.05) is 0 Å². The van der Waals surface area contributed by atoms with Crippen molar-refractivity contribution in [2.45, 2.75) is 4.84 Å². The number of nitrogens with one attached hydrogen (secondary N) is 1. The van der Waals surface area contributed by atoms with Gasteiger partial charge in [-0.25, -0.2) is 4.99 Å². The van der Waals surface area contributed by atoms with Gasteiger partial charge in [-0.3, -0.25) is 5.73 Å². The van der Waals surface area contributed by atoms with Crippen LogP contribution in [-0.4, -0.2) is 10.7 Å². The van der Waals surface area contributed by atoms with Gasteiger partial charge in [-0.2, -0.15) is 0 Å². The molecule has 0 saturated heterocycles. The molecule has 0 unspecified atom stereocenters. The molecule has 0 aliphatic heterocycles. The Labute approximate surface area is 101 Å². The first kappa shape index (κ1) is 15.4. The van der Waals surface area contributed by atoms with E-state index >= 15 is 0 Å². The summed E-state index contributed by atoms with van der Waals surface area (Å²) in [6.45, 7) is 0. The van der Waals surface area contributed by atoms with Gasteiger partial charge >= 0.3 is 0 Å². The van der Waals surface area contributed by atoms with E-state index in [1.54, 1.807) is 0 Å². The molecule has 0 bridgehead atoms. The zero-order valence-corrected chi connectivity index (χ0v) is 9.96. The Morgan fingerprint density at radius 1 is 1.17 bits per heavy atom. The third kappa shape index (κ3) is 6.46. The predicted molar refractivity (Wildman–Crippen MR) is 50.2 cm³/mol. The highest BCUT2D eigenvalue weighted by molar-refractivity contribution is 6.59. The van der Waals surface area contributed by atoms with Crippen LogP contribution in [0, 0.1) is 0 Å². The van der Waals surface area contributed by atoms with Gasteiger partial charge in [-0.05, 0) is 11.6 Å². The van der Waals surface area contributed by atoms with Crippen molar-refractivity contribution in [3.05, 3.63) is 9.65 Å². The van der Waals surface area contributed by atoms with Crippen molar-refractivity contribution >= 4 is 63.8 Å². The topological polar surface area (TPSA) is 40.0 Å². The summed E-state index contributed by atoms with van der Waals surface area (Å²) in [5.41, 5.74) is 5.26. The van der Waals surface area contributed by atoms with Gasteiger partial charge in [-0.15, -0.1) is 0 Å². The molecule has 0 saturated carbocycles. The number of alkyl halides is 2. The number of rotatable bonds is 2. The third-order valence-corrected chi connectivity index (χ3v) is 1.98. The van der Waals surface area contributed by atoms with Crippen molar-refractivity contribution in [2.24, 2.45) is 5.73 Å². The molecule has 0 atom stereocenters. The molecule has 0 aliphatic carbocycles. The number of nitrogens with two attached hydrogens (primary N) is 1. The van der Waals surface area contributed by atoms with Gasteiger partial charge in [0.1, 0.15) is 0 Å². The molecule has 0 aromatic carbocycles. The van der Waals surface area contributed by atoms with Gasteiger partial charge in [-0.1, -0.05) is 46.4 Å². The number of hydrogen-bond acceptors (Lipinski definition) is 0. The molecular weight excluding hydrogens is 289 g/mol. The molecule has 72 valence electrons. The highest BCUT2D eigenvalue weighted by atomic mass is 35.5. The summed E-state index contributed by atoms with van der Waals surface area (Å²) in [4.78, 5) is 1.53. The number of halogens is 6. The molecule has 0 heterocycles. The average molecular weight is 293 g/mol. The van der Waals surface area contributed by atoms with Crippen molar-refractivity contribution in [1.29, 1.82) is 0 Å². The molecule has 0 aliphatic rings. The third-order valence-electron chi connectivity index (χ3n) is 0.655. The fourth-order valence-electron chi connectivity index (χ4n) is 0.229. The Morgan fingerprint density at radius 2 is 1.58 bits per heavy atom. The van der Waals surface area contributed by atoms with E-state index < -0.39 is 4.84 Å². The quantitative estimate of drug-likeness (QED) is 0.265. The molecule has 0 fully saturated rings. The van der Waals surface area contributed by atoms with Crippen molar-refractivity contribution in [1.82, 2.24) is 0 Å². The molecule has 8 heteroatoms. The van der Waals surface area contributed by atoms with Gasteiger partial charge in [0.05, 0.1) is 0 Å². The Balaban J connectivity index is 0. The maximum atomic E-state index is 5.44. The SMILES string of the molecule is N/C(=[NH+]/C(Cl)=C(Cl)Cl)C(Cl)Cl.[Cl-]. The Hall–Kier alpha value is 0.950. The van der Waals surface area contributed by atoms with Crippen molar-refractivity contribution in [3.63, 3.8) is 0 Å². The van der Waals surface area contributed by atoms with Crippen LogP contribution in [0.1, 0.15) is 0 Å². The van der Waals surface area contributed by atoms with E-state index in [0.717, 1.165) is 0 Å². The van der Waals surface area contributed by atoms with E-state index in [0.29, 0.717) is 0 Å². The first-order valence-corrected chi connectivity index (χ1v) is 4.34. The van der Waals surface area contributed by atoms with E-state index in [1.807, 2.05) is 0 Å². The van der Waals surface area contributed by atoms with Crippen LogP contribution in [0.5, 0.6) is 0 Å². The zero-order valence-electron chi connectivity index (χ0n) is 5.42. The minimum Gasteiger partial charge on any atom is -1.00 e. The summed E-state index contributed by atoms with van der Waals surface area (Å²) >= 11 is 26.7. The lowest BCUT2D eigenvalue weighted by Gasteiger charge is -1.92. The Morgan fingerprint density at radius 3 is 1.83 bits per heavy atom. The Bertz CT molecular complexity index is 194. The first-order chi connectivity index (χ1) is 4.95. The number of amidine groups is 1. The molecule has 0 radical (unpaired) electrons. The van der Waals surface area contributed by atoms with Gasteiger partial charge in [0.25, 0.3) is 5.84 Å². The number of hydrogen-bond donors (Lipinski definition) is 2. The van der Waals surface area contributed by atoms with Crippen LogP contribution in [0.4, 0.5) is 0 Å². The first-order valence-electron chi connectivity index (χ1n) is 2.33. The second-order valence-electron chi connectivity index (χ2n) is 1.46. The minimum atomic E-state index is -0.864. The lowest BCUT2D eigenvalue weighted by Crippen LogP contribution is -3.00. The van der Waals surface area contributed by atoms with Crippen LogP contribution in [0.15, 0.2) is 9.65 Å². The van der Waals surface area contributed by atoms with Gasteiger partial charge in [0.2, 0.25) is 9.99 Å². The molecule has 0 amide bonds. The maximum Gasteiger partial charge on any atom is 0.280 e. The summed E-state index contributed by atoms with van der Waals surface area (Å²) in [5.74, 6) is 0.0668. The monoisotopic (exact) mass is 290 g/mol. The molecule has 3 N–H and O–H groups in total. The lowest BCUT2D eigenvalue weighted by atomic mass is 10.7. The molecule has 12 heavy (non-hydrogen) atoms. The summed E-state index contributed by atoms with van der Waals surface area (Å²) < 4.78 is -0.136. The lowest BCUT2D eigenvalue weighted by molar-refractivity contribution is -0.385. The predicted octanol–water partition coefficient (Wildman–Crippen LogP) is -1.93. The molecule has 0 aromatic heterocycles. The Kier molecular flexibility index (Phi) is 9.46. The fraction of sp³-hybridized carbons (Fsp3) is 0.250. The fourth-order valence-corrected chi connectivity index (χ4v) is 0.541. The smallest absolute Gasteiger partial charge is 0.280 e. The van der Waals surface area contributed by atoms with Crippen LogP contribution in [0.3, 0.4) is 0 Å². The summed E-state index contributed by atoms with van der Waals surface area (Å²) in [7, 11) is 0. The highest BCUT2D eigenvalue weighted by Crippen LogP contribution is 2.10. The van der Waals surface area contributed by atoms with E-state index in [4.69, 9.17) is 63.7 Å². The van der Waals surface area contributed by atoms with Gasteiger partial charge in [0, 0.05) is 0 Å². The van der Waals surface area contributed by atoms with Crippen molar-refractivity contribution < 1.29 is 17.4 Å². The van der Waals surface area contributed by atoms with Crippen molar-refractivity contribution in [3.8, 4) is 0 Å². The van der Waals surface area contributed by atoms with Crippen LogP contribution < -0.4 is 23.1 Å². The van der Waals surface area contributed by atoms with E-state index in [2.05, 4.69) is 4.99 Å². The minimum absolute atomic E-state index is 0. The summed E-state index contributed by atoms with van der Waals surface area (Å²) in [6, 6.07) is 0. The van der Waals surface area contributed by atoms with E-state index in [-0.39, 0.29) is 27.9 Å². The largest absolute Gasteiger partial charge is 1.00 e. The van der Waals surface area contributed by atoms with E-state index in [1.165, 1.54) is 0 Å². The molecular formula is C4H4Cl6N2. The summed E-state index contributed by atoms with van der Waals surface area (Å²) in [6.07, 6.45) is 0. The van der Waals surface area contributed by atoms with Gasteiger partial charge in [0.15, 0.2) is 4.49 Å². The zero-order chi connectivity index (χ0) is 9.02. The van der Waals surface area contributed by atoms with Gasteiger partial charge < -0.3 is 12.4 Å². The molecule has 0 spiro atoms. The molecule has 2 nitrogen and oxygen atoms in total.